The highest BCUT2D eigenvalue weighted by Crippen LogP contribution is 2.33. The monoisotopic (exact) mass is 276 g/mol. The van der Waals surface area contributed by atoms with Crippen LogP contribution in [0.5, 0.6) is 0 Å². The SMILES string of the molecule is CC.CC(=O)CN1[C@@H]2C[C@H]1CN(c1ncc(C)cn1)C2. The molecule has 110 valence electrons. The van der Waals surface area contributed by atoms with Crippen molar-refractivity contribution >= 4 is 11.7 Å². The number of carbonyl (C=O) groups excluding carboxylic acids is 1. The normalized spacial score (nSPS) is 24.5. The predicted octanol–water partition coefficient (Wildman–Crippen LogP) is 1.66. The van der Waals surface area contributed by atoms with Crippen molar-refractivity contribution in [2.75, 3.05) is 24.5 Å². The van der Waals surface area contributed by atoms with Crippen LogP contribution in [0.15, 0.2) is 12.4 Å². The lowest BCUT2D eigenvalue weighted by Gasteiger charge is -2.56. The van der Waals surface area contributed by atoms with Crippen molar-refractivity contribution in [1.82, 2.24) is 14.9 Å². The van der Waals surface area contributed by atoms with E-state index in [1.807, 2.05) is 33.2 Å². The molecule has 0 aromatic carbocycles. The maximum absolute atomic E-state index is 11.2. The first kappa shape index (κ1) is 14.9. The third-order valence-electron chi connectivity index (χ3n) is 3.80. The number of carbonyl (C=O) groups is 1. The summed E-state index contributed by atoms with van der Waals surface area (Å²) < 4.78 is 0. The van der Waals surface area contributed by atoms with E-state index in [1.165, 1.54) is 6.42 Å². The Hall–Kier alpha value is -1.49. The minimum Gasteiger partial charge on any atom is -0.338 e. The maximum atomic E-state index is 11.2. The van der Waals surface area contributed by atoms with Crippen LogP contribution in [-0.4, -0.2) is 52.4 Å². The van der Waals surface area contributed by atoms with Crippen molar-refractivity contribution in [3.63, 3.8) is 0 Å². The van der Waals surface area contributed by atoms with E-state index in [2.05, 4.69) is 19.8 Å². The van der Waals surface area contributed by atoms with Gasteiger partial charge in [-0.15, -0.1) is 0 Å². The summed E-state index contributed by atoms with van der Waals surface area (Å²) in [4.78, 5) is 24.5. The minimum atomic E-state index is 0.254. The van der Waals surface area contributed by atoms with Crippen molar-refractivity contribution < 1.29 is 4.79 Å². The summed E-state index contributed by atoms with van der Waals surface area (Å²) in [6, 6.07) is 0.995. The summed E-state index contributed by atoms with van der Waals surface area (Å²) in [5.74, 6) is 1.07. The lowest BCUT2D eigenvalue weighted by Crippen LogP contribution is -2.69. The third-order valence-corrected chi connectivity index (χ3v) is 3.80. The third kappa shape index (κ3) is 2.98. The number of fused-ring (bicyclic) bond motifs is 2. The number of rotatable bonds is 3. The van der Waals surface area contributed by atoms with Crippen LogP contribution in [0.4, 0.5) is 5.95 Å². The van der Waals surface area contributed by atoms with Crippen LogP contribution in [0.3, 0.4) is 0 Å². The largest absolute Gasteiger partial charge is 0.338 e. The number of anilines is 1. The summed E-state index contributed by atoms with van der Waals surface area (Å²) in [6.45, 7) is 10.1. The van der Waals surface area contributed by atoms with Gasteiger partial charge in [0, 0.05) is 37.6 Å². The lowest BCUT2D eigenvalue weighted by atomic mass is 9.87. The molecule has 1 aromatic heterocycles. The molecule has 0 spiro atoms. The van der Waals surface area contributed by atoms with Crippen molar-refractivity contribution in [3.8, 4) is 0 Å². The first-order valence-electron chi connectivity index (χ1n) is 7.42. The topological polar surface area (TPSA) is 49.3 Å². The number of piperazine rings is 1. The van der Waals surface area contributed by atoms with Gasteiger partial charge in [-0.05, 0) is 25.8 Å². The summed E-state index contributed by atoms with van der Waals surface area (Å²) in [7, 11) is 0. The summed E-state index contributed by atoms with van der Waals surface area (Å²) in [6.07, 6.45) is 4.92. The zero-order valence-corrected chi connectivity index (χ0v) is 12.8. The highest BCUT2D eigenvalue weighted by molar-refractivity contribution is 5.77. The second-order valence-electron chi connectivity index (χ2n) is 5.38. The quantitative estimate of drug-likeness (QED) is 0.840. The van der Waals surface area contributed by atoms with E-state index in [0.717, 1.165) is 24.6 Å². The van der Waals surface area contributed by atoms with Crippen LogP contribution in [0.1, 0.15) is 32.8 Å². The molecule has 2 bridgehead atoms. The van der Waals surface area contributed by atoms with Crippen LogP contribution in [0.25, 0.3) is 0 Å². The molecule has 0 aliphatic carbocycles. The molecule has 1 aromatic rings. The van der Waals surface area contributed by atoms with Gasteiger partial charge in [-0.2, -0.15) is 0 Å². The Balaban J connectivity index is 0.000000704. The number of piperidine rings is 1. The molecule has 2 atom stereocenters. The number of hydrogen-bond acceptors (Lipinski definition) is 5. The standard InChI is InChI=1S/C13H18N4O.C2H6/c1-9-4-14-13(15-5-9)16-7-11-3-12(8-16)17(11)6-10(2)18;1-2/h4-5,11-12H,3,6-8H2,1-2H3;1-2H3/t11-,12+;. The maximum Gasteiger partial charge on any atom is 0.225 e. The molecule has 5 nitrogen and oxygen atoms in total. The number of Topliss-reactive ketones (excluding diaryl/α,β-unsaturated/α-hetero) is 1. The highest BCUT2D eigenvalue weighted by Gasteiger charge is 2.45. The van der Waals surface area contributed by atoms with E-state index in [-0.39, 0.29) is 5.78 Å². The fourth-order valence-electron chi connectivity index (χ4n) is 2.91. The Morgan fingerprint density at radius 2 is 1.80 bits per heavy atom. The molecule has 0 radical (unpaired) electrons. The van der Waals surface area contributed by atoms with Crippen molar-refractivity contribution in [1.29, 1.82) is 0 Å². The molecular formula is C15H24N4O. The molecule has 4 rings (SSSR count). The molecule has 20 heavy (non-hydrogen) atoms. The Labute approximate surface area is 121 Å². The van der Waals surface area contributed by atoms with E-state index in [9.17, 15) is 4.79 Å². The average molecular weight is 276 g/mol. The molecule has 0 saturated carbocycles. The van der Waals surface area contributed by atoms with E-state index in [1.54, 1.807) is 6.92 Å². The van der Waals surface area contributed by atoms with E-state index in [0.29, 0.717) is 18.6 Å². The molecule has 4 heterocycles. The van der Waals surface area contributed by atoms with Gasteiger partial charge in [-0.25, -0.2) is 9.97 Å². The fraction of sp³-hybridized carbons (Fsp3) is 0.667. The fourth-order valence-corrected chi connectivity index (χ4v) is 2.91. The molecule has 3 saturated heterocycles. The first-order chi connectivity index (χ1) is 9.63. The highest BCUT2D eigenvalue weighted by atomic mass is 16.1. The van der Waals surface area contributed by atoms with Gasteiger partial charge in [0.2, 0.25) is 5.95 Å². The molecule has 0 N–H and O–H groups in total. The molecule has 3 aliphatic rings. The molecule has 0 amide bonds. The Kier molecular flexibility index (Phi) is 4.70. The Bertz CT molecular complexity index is 447. The molecule has 0 unspecified atom stereocenters. The van der Waals surface area contributed by atoms with E-state index >= 15 is 0 Å². The number of ketones is 1. The smallest absolute Gasteiger partial charge is 0.225 e. The minimum absolute atomic E-state index is 0.254. The second-order valence-corrected chi connectivity index (χ2v) is 5.38. The van der Waals surface area contributed by atoms with Crippen molar-refractivity contribution in [3.05, 3.63) is 18.0 Å². The van der Waals surface area contributed by atoms with Gasteiger partial charge in [0.05, 0.1) is 6.54 Å². The van der Waals surface area contributed by atoms with Gasteiger partial charge in [0.25, 0.3) is 0 Å². The van der Waals surface area contributed by atoms with Gasteiger partial charge in [-0.3, -0.25) is 9.69 Å². The summed E-state index contributed by atoms with van der Waals surface area (Å²) >= 11 is 0. The van der Waals surface area contributed by atoms with Crippen LogP contribution in [-0.2, 0) is 4.79 Å². The van der Waals surface area contributed by atoms with Gasteiger partial charge in [-0.1, -0.05) is 13.8 Å². The zero-order chi connectivity index (χ0) is 14.7. The van der Waals surface area contributed by atoms with E-state index < -0.39 is 0 Å². The lowest BCUT2D eigenvalue weighted by molar-refractivity contribution is -0.122. The van der Waals surface area contributed by atoms with Gasteiger partial charge in [0.1, 0.15) is 5.78 Å². The number of hydrogen-bond donors (Lipinski definition) is 0. The Morgan fingerprint density at radius 1 is 1.25 bits per heavy atom. The predicted molar refractivity (Wildman–Crippen MR) is 79.9 cm³/mol. The zero-order valence-electron chi connectivity index (χ0n) is 12.8. The number of aromatic nitrogens is 2. The van der Waals surface area contributed by atoms with Crippen LogP contribution in [0, 0.1) is 6.92 Å². The summed E-state index contributed by atoms with van der Waals surface area (Å²) in [5, 5.41) is 0. The molecular weight excluding hydrogens is 252 g/mol. The molecule has 3 aliphatic heterocycles. The van der Waals surface area contributed by atoms with Crippen molar-refractivity contribution in [2.24, 2.45) is 0 Å². The average Bonchev–Trinajstić information content (AvgIpc) is 2.47. The second kappa shape index (κ2) is 6.31. The molecule has 3 fully saturated rings. The first-order valence-corrected chi connectivity index (χ1v) is 7.42. The van der Waals surface area contributed by atoms with E-state index in [4.69, 9.17) is 0 Å². The van der Waals surface area contributed by atoms with Gasteiger partial charge in [0.15, 0.2) is 0 Å². The summed E-state index contributed by atoms with van der Waals surface area (Å²) in [5.41, 5.74) is 1.08. The molecule has 5 heteroatoms. The van der Waals surface area contributed by atoms with Crippen LogP contribution < -0.4 is 4.90 Å². The van der Waals surface area contributed by atoms with Crippen LogP contribution >= 0.6 is 0 Å². The Morgan fingerprint density at radius 3 is 2.30 bits per heavy atom. The number of nitrogens with zero attached hydrogens (tertiary/aromatic N) is 4. The van der Waals surface area contributed by atoms with Gasteiger partial charge >= 0.3 is 0 Å². The van der Waals surface area contributed by atoms with Gasteiger partial charge < -0.3 is 4.90 Å². The number of aryl methyl sites for hydroxylation is 1. The van der Waals surface area contributed by atoms with Crippen molar-refractivity contribution in [2.45, 2.75) is 46.2 Å². The van der Waals surface area contributed by atoms with Crippen LogP contribution in [0.2, 0.25) is 0 Å².